The molecular weight excluding hydrogens is 258 g/mol. The molecule has 0 radical (unpaired) electrons. The summed E-state index contributed by atoms with van der Waals surface area (Å²) in [7, 11) is 0. The molecule has 1 fully saturated rings. The topological polar surface area (TPSA) is 61.8 Å². The van der Waals surface area contributed by atoms with Crippen molar-refractivity contribution in [3.8, 4) is 0 Å². The third-order valence-corrected chi connectivity index (χ3v) is 4.68. The number of rotatable bonds is 2. The minimum atomic E-state index is 0.165. The molecule has 2 rings (SSSR count). The number of nitrogens with two attached hydrogens (primary N) is 1. The number of hydrogen-bond donors (Lipinski definition) is 2. The zero-order chi connectivity index (χ0) is 14.0. The molecule has 0 saturated carbocycles. The van der Waals surface area contributed by atoms with Crippen LogP contribution in [0.15, 0.2) is 23.4 Å². The van der Waals surface area contributed by atoms with Gasteiger partial charge in [0.1, 0.15) is 0 Å². The normalized spacial score (nSPS) is 19.5. The number of benzene rings is 1. The van der Waals surface area contributed by atoms with Gasteiger partial charge in [0.2, 0.25) is 0 Å². The van der Waals surface area contributed by atoms with Gasteiger partial charge in [0.15, 0.2) is 5.84 Å². The Hall–Kier alpha value is -1.36. The maximum atomic E-state index is 8.75. The van der Waals surface area contributed by atoms with Crippen LogP contribution >= 0.6 is 11.8 Å². The maximum Gasteiger partial charge on any atom is 0.170 e. The third kappa shape index (κ3) is 3.15. The molecule has 0 spiro atoms. The van der Waals surface area contributed by atoms with Gasteiger partial charge >= 0.3 is 0 Å². The van der Waals surface area contributed by atoms with Crippen LogP contribution in [-0.2, 0) is 0 Å². The summed E-state index contributed by atoms with van der Waals surface area (Å²) in [6.07, 6.45) is 0. The van der Waals surface area contributed by atoms with E-state index in [4.69, 9.17) is 10.9 Å². The summed E-state index contributed by atoms with van der Waals surface area (Å²) in [5.74, 6) is 1.31. The molecule has 0 bridgehead atoms. The van der Waals surface area contributed by atoms with E-state index in [1.54, 1.807) is 0 Å². The van der Waals surface area contributed by atoms with Gasteiger partial charge in [-0.25, -0.2) is 0 Å². The molecule has 0 aliphatic carbocycles. The second-order valence-electron chi connectivity index (χ2n) is 5.51. The average Bonchev–Trinajstić information content (AvgIpc) is 2.36. The lowest BCUT2D eigenvalue weighted by Gasteiger charge is -2.39. The van der Waals surface area contributed by atoms with Crippen molar-refractivity contribution in [1.82, 2.24) is 0 Å². The van der Waals surface area contributed by atoms with Crippen LogP contribution in [0.5, 0.6) is 0 Å². The molecular formula is C14H21N3OS. The molecule has 1 aliphatic rings. The Morgan fingerprint density at radius 2 is 2.21 bits per heavy atom. The van der Waals surface area contributed by atoms with Crippen molar-refractivity contribution in [1.29, 1.82) is 0 Å². The lowest BCUT2D eigenvalue weighted by Crippen LogP contribution is -2.43. The van der Waals surface area contributed by atoms with Gasteiger partial charge in [-0.1, -0.05) is 5.16 Å². The minimum absolute atomic E-state index is 0.165. The standard InChI is InChI=1S/C14H21N3OS/c1-10-8-11(4-5-12(10)13(15)16-18)17-6-7-19-14(2,3)9-17/h4-5,8,18H,6-7,9H2,1-3H3,(H2,15,16). The van der Waals surface area contributed by atoms with E-state index in [2.05, 4.69) is 30.0 Å². The molecule has 0 unspecified atom stereocenters. The fourth-order valence-corrected chi connectivity index (χ4v) is 3.53. The third-order valence-electron chi connectivity index (χ3n) is 3.38. The van der Waals surface area contributed by atoms with E-state index in [1.807, 2.05) is 30.8 Å². The highest BCUT2D eigenvalue weighted by atomic mass is 32.2. The van der Waals surface area contributed by atoms with Crippen molar-refractivity contribution in [3.63, 3.8) is 0 Å². The first-order valence-electron chi connectivity index (χ1n) is 6.40. The lowest BCUT2D eigenvalue weighted by molar-refractivity contribution is 0.318. The SMILES string of the molecule is Cc1cc(N2CCSC(C)(C)C2)ccc1/C(N)=N/O. The Morgan fingerprint density at radius 3 is 2.79 bits per heavy atom. The lowest BCUT2D eigenvalue weighted by atomic mass is 10.1. The molecule has 19 heavy (non-hydrogen) atoms. The van der Waals surface area contributed by atoms with E-state index < -0.39 is 0 Å². The summed E-state index contributed by atoms with van der Waals surface area (Å²) < 4.78 is 0.288. The van der Waals surface area contributed by atoms with Gasteiger partial charge in [-0.15, -0.1) is 0 Å². The van der Waals surface area contributed by atoms with E-state index in [9.17, 15) is 0 Å². The van der Waals surface area contributed by atoms with Crippen LogP contribution in [0.4, 0.5) is 5.69 Å². The van der Waals surface area contributed by atoms with Gasteiger partial charge in [-0.2, -0.15) is 11.8 Å². The Bertz CT molecular complexity index is 499. The molecule has 5 heteroatoms. The Balaban J connectivity index is 2.25. The first kappa shape index (κ1) is 14.1. The molecule has 0 atom stereocenters. The fraction of sp³-hybridized carbons (Fsp3) is 0.500. The van der Waals surface area contributed by atoms with Gasteiger partial charge < -0.3 is 15.8 Å². The first-order chi connectivity index (χ1) is 8.93. The van der Waals surface area contributed by atoms with Gasteiger partial charge in [0.25, 0.3) is 0 Å². The van der Waals surface area contributed by atoms with Crippen molar-refractivity contribution in [2.45, 2.75) is 25.5 Å². The zero-order valence-corrected chi connectivity index (χ0v) is 12.5. The molecule has 0 aromatic heterocycles. The quantitative estimate of drug-likeness (QED) is 0.378. The number of hydrogen-bond acceptors (Lipinski definition) is 4. The van der Waals surface area contributed by atoms with Crippen molar-refractivity contribution in [2.24, 2.45) is 10.9 Å². The summed E-state index contributed by atoms with van der Waals surface area (Å²) in [5.41, 5.74) is 8.68. The number of thioether (sulfide) groups is 1. The van der Waals surface area contributed by atoms with Crippen LogP contribution in [0.2, 0.25) is 0 Å². The molecule has 1 heterocycles. The van der Waals surface area contributed by atoms with E-state index in [-0.39, 0.29) is 10.6 Å². The summed E-state index contributed by atoms with van der Waals surface area (Å²) in [6, 6.07) is 6.08. The fourth-order valence-electron chi connectivity index (χ4n) is 2.42. The van der Waals surface area contributed by atoms with E-state index in [1.165, 1.54) is 5.69 Å². The van der Waals surface area contributed by atoms with Crippen molar-refractivity contribution in [2.75, 3.05) is 23.7 Å². The Morgan fingerprint density at radius 1 is 1.47 bits per heavy atom. The number of oxime groups is 1. The van der Waals surface area contributed by atoms with Gasteiger partial charge in [-0.3, -0.25) is 0 Å². The largest absolute Gasteiger partial charge is 0.409 e. The summed E-state index contributed by atoms with van der Waals surface area (Å²) in [6.45, 7) is 8.65. The van der Waals surface area contributed by atoms with Crippen LogP contribution < -0.4 is 10.6 Å². The van der Waals surface area contributed by atoms with E-state index in [0.717, 1.165) is 30.0 Å². The van der Waals surface area contributed by atoms with Gasteiger partial charge in [0.05, 0.1) is 0 Å². The van der Waals surface area contributed by atoms with E-state index in [0.29, 0.717) is 0 Å². The minimum Gasteiger partial charge on any atom is -0.409 e. The Kier molecular flexibility index (Phi) is 3.94. The highest BCUT2D eigenvalue weighted by Crippen LogP contribution is 2.32. The zero-order valence-electron chi connectivity index (χ0n) is 11.7. The monoisotopic (exact) mass is 279 g/mol. The number of anilines is 1. The molecule has 1 aliphatic heterocycles. The predicted molar refractivity (Wildman–Crippen MR) is 82.4 cm³/mol. The van der Waals surface area contributed by atoms with Gasteiger partial charge in [0, 0.05) is 34.8 Å². The van der Waals surface area contributed by atoms with Crippen molar-refractivity contribution in [3.05, 3.63) is 29.3 Å². The van der Waals surface area contributed by atoms with Crippen LogP contribution in [0, 0.1) is 6.92 Å². The first-order valence-corrected chi connectivity index (χ1v) is 7.39. The second kappa shape index (κ2) is 5.33. The molecule has 1 aromatic rings. The number of aryl methyl sites for hydroxylation is 1. The molecule has 1 aromatic carbocycles. The summed E-state index contributed by atoms with van der Waals surface area (Å²) in [5, 5.41) is 11.8. The van der Waals surface area contributed by atoms with Crippen molar-refractivity contribution < 1.29 is 5.21 Å². The molecule has 3 N–H and O–H groups in total. The van der Waals surface area contributed by atoms with Crippen LogP contribution in [-0.4, -0.2) is 34.6 Å². The maximum absolute atomic E-state index is 8.75. The summed E-state index contributed by atoms with van der Waals surface area (Å²) in [4.78, 5) is 2.40. The highest BCUT2D eigenvalue weighted by Gasteiger charge is 2.27. The van der Waals surface area contributed by atoms with Crippen LogP contribution in [0.3, 0.4) is 0 Å². The summed E-state index contributed by atoms with van der Waals surface area (Å²) >= 11 is 2.02. The second-order valence-corrected chi connectivity index (χ2v) is 7.32. The van der Waals surface area contributed by atoms with Crippen LogP contribution in [0.25, 0.3) is 0 Å². The molecule has 0 amide bonds. The Labute approximate surface area is 118 Å². The highest BCUT2D eigenvalue weighted by molar-refractivity contribution is 8.00. The number of amidine groups is 1. The molecule has 1 saturated heterocycles. The average molecular weight is 279 g/mol. The molecule has 104 valence electrons. The predicted octanol–water partition coefficient (Wildman–Crippen LogP) is 2.42. The van der Waals surface area contributed by atoms with Gasteiger partial charge in [-0.05, 0) is 44.5 Å². The number of nitrogens with zero attached hydrogens (tertiary/aromatic N) is 2. The van der Waals surface area contributed by atoms with E-state index >= 15 is 0 Å². The smallest absolute Gasteiger partial charge is 0.170 e. The van der Waals surface area contributed by atoms with Crippen LogP contribution in [0.1, 0.15) is 25.0 Å². The molecule has 4 nitrogen and oxygen atoms in total. The van der Waals surface area contributed by atoms with Crippen molar-refractivity contribution >= 4 is 23.3 Å².